The first kappa shape index (κ1) is 14.1. The van der Waals surface area contributed by atoms with E-state index in [1.54, 1.807) is 0 Å². The van der Waals surface area contributed by atoms with E-state index in [9.17, 15) is 4.79 Å². The summed E-state index contributed by atoms with van der Waals surface area (Å²) in [5.41, 5.74) is 2.00. The summed E-state index contributed by atoms with van der Waals surface area (Å²) in [6, 6.07) is 7.88. The summed E-state index contributed by atoms with van der Waals surface area (Å²) in [5.74, 6) is 0.816. The number of aryl methyl sites for hydroxylation is 1. The lowest BCUT2D eigenvalue weighted by Crippen LogP contribution is -2.39. The summed E-state index contributed by atoms with van der Waals surface area (Å²) < 4.78 is 0. The molecule has 1 amide bonds. The van der Waals surface area contributed by atoms with Gasteiger partial charge >= 0.3 is 0 Å². The average molecular weight is 260 g/mol. The Kier molecular flexibility index (Phi) is 4.97. The first-order valence-corrected chi connectivity index (χ1v) is 7.27. The molecule has 0 bridgehead atoms. The van der Waals surface area contributed by atoms with Gasteiger partial charge in [-0.3, -0.25) is 4.79 Å². The Morgan fingerprint density at radius 1 is 1.26 bits per heavy atom. The zero-order valence-corrected chi connectivity index (χ0v) is 12.0. The van der Waals surface area contributed by atoms with Gasteiger partial charge in [0.05, 0.1) is 0 Å². The third kappa shape index (κ3) is 3.80. The Bertz CT molecular complexity index is 407. The molecule has 1 aliphatic heterocycles. The molecular formula is C16H24N2O. The Morgan fingerprint density at radius 2 is 1.89 bits per heavy atom. The Balaban J connectivity index is 1.99. The van der Waals surface area contributed by atoms with Gasteiger partial charge in [-0.2, -0.15) is 0 Å². The zero-order valence-electron chi connectivity index (χ0n) is 12.0. The van der Waals surface area contributed by atoms with Crippen LogP contribution in [0.25, 0.3) is 0 Å². The Labute approximate surface area is 116 Å². The number of nitrogens with zero attached hydrogens (tertiary/aromatic N) is 1. The SMILES string of the molecule is CCN(CC1CCNCC1)C(=O)c1ccc(C)cc1. The van der Waals surface area contributed by atoms with Gasteiger partial charge in [0, 0.05) is 18.7 Å². The molecule has 0 aliphatic carbocycles. The number of carbonyl (C=O) groups is 1. The van der Waals surface area contributed by atoms with Gasteiger partial charge in [0.25, 0.3) is 5.91 Å². The second kappa shape index (κ2) is 6.71. The number of hydrogen-bond donors (Lipinski definition) is 1. The van der Waals surface area contributed by atoms with Crippen molar-refractivity contribution in [2.45, 2.75) is 26.7 Å². The molecule has 1 aliphatic rings. The molecule has 0 radical (unpaired) electrons. The van der Waals surface area contributed by atoms with E-state index in [0.29, 0.717) is 5.92 Å². The monoisotopic (exact) mass is 260 g/mol. The fraction of sp³-hybridized carbons (Fsp3) is 0.562. The first-order valence-electron chi connectivity index (χ1n) is 7.27. The number of nitrogens with one attached hydrogen (secondary N) is 1. The van der Waals surface area contributed by atoms with Crippen LogP contribution in [0.3, 0.4) is 0 Å². The van der Waals surface area contributed by atoms with E-state index < -0.39 is 0 Å². The maximum atomic E-state index is 12.5. The van der Waals surface area contributed by atoms with Crippen molar-refractivity contribution in [1.29, 1.82) is 0 Å². The first-order chi connectivity index (χ1) is 9.20. The van der Waals surface area contributed by atoms with Crippen molar-refractivity contribution in [2.75, 3.05) is 26.2 Å². The van der Waals surface area contributed by atoms with Gasteiger partial charge in [-0.25, -0.2) is 0 Å². The van der Waals surface area contributed by atoms with Gasteiger partial charge < -0.3 is 10.2 Å². The van der Waals surface area contributed by atoms with Crippen LogP contribution in [0, 0.1) is 12.8 Å². The van der Waals surface area contributed by atoms with E-state index in [1.807, 2.05) is 36.1 Å². The molecule has 0 saturated carbocycles. The highest BCUT2D eigenvalue weighted by molar-refractivity contribution is 5.94. The molecule has 104 valence electrons. The fourth-order valence-corrected chi connectivity index (χ4v) is 2.61. The Morgan fingerprint density at radius 3 is 2.47 bits per heavy atom. The predicted molar refractivity (Wildman–Crippen MR) is 78.4 cm³/mol. The van der Waals surface area contributed by atoms with E-state index >= 15 is 0 Å². The third-order valence-corrected chi connectivity index (χ3v) is 3.90. The molecule has 1 fully saturated rings. The van der Waals surface area contributed by atoms with Crippen LogP contribution in [-0.2, 0) is 0 Å². The largest absolute Gasteiger partial charge is 0.339 e. The van der Waals surface area contributed by atoms with Crippen molar-refractivity contribution in [3.63, 3.8) is 0 Å². The molecule has 3 heteroatoms. The number of rotatable bonds is 4. The molecule has 1 aromatic carbocycles. The molecule has 1 saturated heterocycles. The lowest BCUT2D eigenvalue weighted by molar-refractivity contribution is 0.0727. The maximum Gasteiger partial charge on any atom is 0.253 e. The molecule has 1 aromatic rings. The number of carbonyl (C=O) groups excluding carboxylic acids is 1. The van der Waals surface area contributed by atoms with Crippen molar-refractivity contribution in [3.05, 3.63) is 35.4 Å². The summed E-state index contributed by atoms with van der Waals surface area (Å²) in [6.45, 7) is 7.96. The van der Waals surface area contributed by atoms with Crippen LogP contribution in [-0.4, -0.2) is 37.0 Å². The topological polar surface area (TPSA) is 32.3 Å². The second-order valence-corrected chi connectivity index (χ2v) is 5.40. The highest BCUT2D eigenvalue weighted by atomic mass is 16.2. The number of amides is 1. The minimum atomic E-state index is 0.168. The normalized spacial score (nSPS) is 16.3. The van der Waals surface area contributed by atoms with Crippen LogP contribution in [0.5, 0.6) is 0 Å². The molecule has 2 rings (SSSR count). The third-order valence-electron chi connectivity index (χ3n) is 3.90. The van der Waals surface area contributed by atoms with Gasteiger partial charge in [0.15, 0.2) is 0 Å². The van der Waals surface area contributed by atoms with Gasteiger partial charge in [-0.05, 0) is 57.8 Å². The van der Waals surface area contributed by atoms with Crippen molar-refractivity contribution >= 4 is 5.91 Å². The van der Waals surface area contributed by atoms with Crippen LogP contribution < -0.4 is 5.32 Å². The number of hydrogen-bond acceptors (Lipinski definition) is 2. The van der Waals surface area contributed by atoms with Crippen molar-refractivity contribution in [3.8, 4) is 0 Å². The molecule has 1 N–H and O–H groups in total. The summed E-state index contributed by atoms with van der Waals surface area (Å²) in [4.78, 5) is 14.5. The lowest BCUT2D eigenvalue weighted by Gasteiger charge is -2.29. The molecule has 0 unspecified atom stereocenters. The van der Waals surface area contributed by atoms with Gasteiger partial charge in [-0.1, -0.05) is 17.7 Å². The molecule has 0 aromatic heterocycles. The minimum absolute atomic E-state index is 0.168. The van der Waals surface area contributed by atoms with Crippen LogP contribution in [0.2, 0.25) is 0 Å². The minimum Gasteiger partial charge on any atom is -0.339 e. The van der Waals surface area contributed by atoms with E-state index in [1.165, 1.54) is 18.4 Å². The van der Waals surface area contributed by atoms with Crippen molar-refractivity contribution in [2.24, 2.45) is 5.92 Å². The molecule has 19 heavy (non-hydrogen) atoms. The predicted octanol–water partition coefficient (Wildman–Crippen LogP) is 2.46. The summed E-state index contributed by atoms with van der Waals surface area (Å²) in [7, 11) is 0. The fourth-order valence-electron chi connectivity index (χ4n) is 2.61. The Hall–Kier alpha value is -1.35. The zero-order chi connectivity index (χ0) is 13.7. The van der Waals surface area contributed by atoms with Gasteiger partial charge in [0.2, 0.25) is 0 Å². The molecule has 3 nitrogen and oxygen atoms in total. The number of piperidine rings is 1. The molecule has 1 heterocycles. The van der Waals surface area contributed by atoms with Crippen LogP contribution in [0.1, 0.15) is 35.7 Å². The molecule has 0 spiro atoms. The highest BCUT2D eigenvalue weighted by Crippen LogP contribution is 2.15. The molecule has 0 atom stereocenters. The average Bonchev–Trinajstić information content (AvgIpc) is 2.46. The maximum absolute atomic E-state index is 12.5. The summed E-state index contributed by atoms with van der Waals surface area (Å²) in [5, 5.41) is 3.37. The number of benzene rings is 1. The lowest BCUT2D eigenvalue weighted by atomic mass is 9.97. The van der Waals surface area contributed by atoms with Crippen LogP contribution in [0.15, 0.2) is 24.3 Å². The smallest absolute Gasteiger partial charge is 0.253 e. The molecular weight excluding hydrogens is 236 g/mol. The van der Waals surface area contributed by atoms with Crippen LogP contribution in [0.4, 0.5) is 0 Å². The van der Waals surface area contributed by atoms with Crippen molar-refractivity contribution < 1.29 is 4.79 Å². The summed E-state index contributed by atoms with van der Waals surface area (Å²) in [6.07, 6.45) is 2.36. The van der Waals surface area contributed by atoms with E-state index in [2.05, 4.69) is 12.2 Å². The second-order valence-electron chi connectivity index (χ2n) is 5.40. The van der Waals surface area contributed by atoms with Gasteiger partial charge in [-0.15, -0.1) is 0 Å². The van der Waals surface area contributed by atoms with Crippen molar-refractivity contribution in [1.82, 2.24) is 10.2 Å². The quantitative estimate of drug-likeness (QED) is 0.902. The van der Waals surface area contributed by atoms with E-state index in [4.69, 9.17) is 0 Å². The highest BCUT2D eigenvalue weighted by Gasteiger charge is 2.20. The van der Waals surface area contributed by atoms with Crippen LogP contribution >= 0.6 is 0 Å². The standard InChI is InChI=1S/C16H24N2O/c1-3-18(12-14-8-10-17-11-9-14)16(19)15-6-4-13(2)5-7-15/h4-7,14,17H,3,8-12H2,1-2H3. The van der Waals surface area contributed by atoms with E-state index in [0.717, 1.165) is 31.7 Å². The summed E-state index contributed by atoms with van der Waals surface area (Å²) >= 11 is 0. The van der Waals surface area contributed by atoms with E-state index in [-0.39, 0.29) is 5.91 Å². The van der Waals surface area contributed by atoms with Gasteiger partial charge in [0.1, 0.15) is 0 Å².